The van der Waals surface area contributed by atoms with Crippen molar-refractivity contribution in [2.45, 2.75) is 46.7 Å². The molecule has 0 fully saturated rings. The van der Waals surface area contributed by atoms with E-state index in [1.54, 1.807) is 17.2 Å². The second-order valence-corrected chi connectivity index (χ2v) is 6.20. The van der Waals surface area contributed by atoms with E-state index in [2.05, 4.69) is 47.2 Å². The Bertz CT molecular complexity index is 865. The fourth-order valence-electron chi connectivity index (χ4n) is 2.47. The van der Waals surface area contributed by atoms with Crippen LogP contribution in [0.25, 0.3) is 5.82 Å². The highest BCUT2D eigenvalue weighted by atomic mass is 15.4. The Hall–Kier alpha value is -3.04. The normalized spacial score (nSPS) is 13.7. The fraction of sp³-hybridized carbons (Fsp3) is 0.333. The molecule has 27 heavy (non-hydrogen) atoms. The number of aromatic nitrogens is 3. The zero-order valence-corrected chi connectivity index (χ0v) is 16.3. The average Bonchev–Trinajstić information content (AvgIpc) is 3.18. The number of allylic oxidation sites excluding steroid dienone is 3. The minimum Gasteiger partial charge on any atom is -0.303 e. The van der Waals surface area contributed by atoms with Gasteiger partial charge >= 0.3 is 0 Å². The summed E-state index contributed by atoms with van der Waals surface area (Å²) in [5.41, 5.74) is 2.91. The van der Waals surface area contributed by atoms with Crippen molar-refractivity contribution < 1.29 is 0 Å². The molecule has 140 valence electrons. The number of aliphatic imine (C=N–C) groups is 1. The molecule has 1 aromatic heterocycles. The lowest BCUT2D eigenvalue weighted by Crippen LogP contribution is -2.22. The molecule has 2 rings (SSSR count). The minimum atomic E-state index is -0.0142. The minimum absolute atomic E-state index is 0.0142. The molecule has 0 saturated heterocycles. The number of benzene rings is 1. The van der Waals surface area contributed by atoms with Gasteiger partial charge in [0.25, 0.3) is 0 Å². The number of nitrogens with one attached hydrogen (secondary N) is 1. The molecule has 0 saturated carbocycles. The Morgan fingerprint density at radius 2 is 2.11 bits per heavy atom. The van der Waals surface area contributed by atoms with Crippen LogP contribution in [0.2, 0.25) is 0 Å². The summed E-state index contributed by atoms with van der Waals surface area (Å²) in [6, 6.07) is 9.68. The monoisotopic (exact) mass is 362 g/mol. The van der Waals surface area contributed by atoms with E-state index in [1.807, 2.05) is 43.3 Å². The van der Waals surface area contributed by atoms with Crippen molar-refractivity contribution in [3.8, 4) is 6.07 Å². The van der Waals surface area contributed by atoms with Crippen LogP contribution in [0.1, 0.15) is 57.1 Å². The van der Waals surface area contributed by atoms with Crippen LogP contribution in [0.4, 0.5) is 0 Å². The van der Waals surface area contributed by atoms with Gasteiger partial charge in [0.05, 0.1) is 17.7 Å². The maximum atomic E-state index is 8.89. The van der Waals surface area contributed by atoms with Gasteiger partial charge < -0.3 is 5.32 Å². The van der Waals surface area contributed by atoms with Crippen molar-refractivity contribution >= 4 is 12.0 Å². The summed E-state index contributed by atoms with van der Waals surface area (Å²) in [5.74, 6) is 1.61. The van der Waals surface area contributed by atoms with Crippen LogP contribution in [0.3, 0.4) is 0 Å². The third kappa shape index (κ3) is 5.47. The molecular formula is C21H26N6. The van der Waals surface area contributed by atoms with Crippen molar-refractivity contribution in [2.24, 2.45) is 4.99 Å². The summed E-state index contributed by atoms with van der Waals surface area (Å²) in [6.07, 6.45) is 8.05. The molecule has 0 radical (unpaired) electrons. The highest BCUT2D eigenvalue weighted by Crippen LogP contribution is 2.19. The SMILES string of the molecule is C\C=C/C=N\C(=C(/C)CC)n1ncnc1C(C)NCc1ccc(C#N)cc1. The highest BCUT2D eigenvalue weighted by molar-refractivity contribution is 5.76. The predicted octanol–water partition coefficient (Wildman–Crippen LogP) is 4.25. The Kier molecular flexibility index (Phi) is 7.65. The van der Waals surface area contributed by atoms with Gasteiger partial charge in [-0.1, -0.05) is 25.1 Å². The first-order chi connectivity index (χ1) is 13.1. The first kappa shape index (κ1) is 20.3. The molecule has 0 amide bonds. The van der Waals surface area contributed by atoms with E-state index < -0.39 is 0 Å². The molecule has 1 N–H and O–H groups in total. The maximum absolute atomic E-state index is 8.89. The van der Waals surface area contributed by atoms with E-state index in [1.165, 1.54) is 0 Å². The zero-order chi connectivity index (χ0) is 19.6. The standard InChI is InChI=1S/C21H26N6/c1-5-7-12-23-20(16(3)6-2)27-21(25-15-26-27)17(4)24-14-19-10-8-18(13-22)9-11-19/h5,7-12,15,17,24H,6,14H2,1-4H3/b7-5-,20-16-,23-12-. The number of hydrogen-bond donors (Lipinski definition) is 1. The quantitative estimate of drug-likeness (QED) is 0.712. The van der Waals surface area contributed by atoms with Gasteiger partial charge in [-0.2, -0.15) is 15.0 Å². The molecule has 0 aliphatic carbocycles. The number of rotatable bonds is 8. The molecule has 6 nitrogen and oxygen atoms in total. The summed E-state index contributed by atoms with van der Waals surface area (Å²) < 4.78 is 1.80. The van der Waals surface area contributed by atoms with Gasteiger partial charge in [-0.3, -0.25) is 0 Å². The van der Waals surface area contributed by atoms with Crippen molar-refractivity contribution in [3.63, 3.8) is 0 Å². The van der Waals surface area contributed by atoms with Crippen molar-refractivity contribution in [3.05, 3.63) is 65.3 Å². The molecule has 1 aromatic carbocycles. The van der Waals surface area contributed by atoms with Crippen molar-refractivity contribution in [2.75, 3.05) is 0 Å². The highest BCUT2D eigenvalue weighted by Gasteiger charge is 2.16. The second-order valence-electron chi connectivity index (χ2n) is 6.20. The number of nitriles is 1. The molecule has 1 atom stereocenters. The molecule has 0 bridgehead atoms. The van der Waals surface area contributed by atoms with Gasteiger partial charge in [-0.05, 0) is 56.5 Å². The van der Waals surface area contributed by atoms with Gasteiger partial charge in [0.15, 0.2) is 11.6 Å². The Morgan fingerprint density at radius 1 is 1.37 bits per heavy atom. The molecule has 0 spiro atoms. The molecule has 0 aliphatic heterocycles. The van der Waals surface area contributed by atoms with E-state index in [-0.39, 0.29) is 6.04 Å². The van der Waals surface area contributed by atoms with Crippen molar-refractivity contribution in [1.29, 1.82) is 5.26 Å². The van der Waals surface area contributed by atoms with Gasteiger partial charge in [-0.15, -0.1) is 0 Å². The molecule has 1 heterocycles. The third-order valence-corrected chi connectivity index (χ3v) is 4.24. The number of hydrogen-bond acceptors (Lipinski definition) is 5. The first-order valence-electron chi connectivity index (χ1n) is 9.08. The Morgan fingerprint density at radius 3 is 2.74 bits per heavy atom. The topological polar surface area (TPSA) is 78.9 Å². The third-order valence-electron chi connectivity index (χ3n) is 4.24. The van der Waals surface area contributed by atoms with Gasteiger partial charge in [-0.25, -0.2) is 9.98 Å². The summed E-state index contributed by atoms with van der Waals surface area (Å²) in [7, 11) is 0. The van der Waals surface area contributed by atoms with Crippen LogP contribution in [0.15, 0.2) is 53.3 Å². The number of nitrogens with zero attached hydrogens (tertiary/aromatic N) is 5. The van der Waals surface area contributed by atoms with E-state index in [4.69, 9.17) is 5.26 Å². The zero-order valence-electron chi connectivity index (χ0n) is 16.3. The molecule has 1 unspecified atom stereocenters. The summed E-state index contributed by atoms with van der Waals surface area (Å²) in [5, 5.41) is 16.8. The van der Waals surface area contributed by atoms with E-state index in [0.717, 1.165) is 29.2 Å². The maximum Gasteiger partial charge on any atom is 0.154 e. The Labute approximate surface area is 161 Å². The first-order valence-corrected chi connectivity index (χ1v) is 9.08. The molecule has 0 aliphatic rings. The predicted molar refractivity (Wildman–Crippen MR) is 109 cm³/mol. The van der Waals surface area contributed by atoms with Crippen LogP contribution in [-0.2, 0) is 6.54 Å². The lowest BCUT2D eigenvalue weighted by molar-refractivity contribution is 0.533. The largest absolute Gasteiger partial charge is 0.303 e. The van der Waals surface area contributed by atoms with Crippen LogP contribution < -0.4 is 5.32 Å². The van der Waals surface area contributed by atoms with Crippen LogP contribution in [0, 0.1) is 11.3 Å². The lowest BCUT2D eigenvalue weighted by atomic mass is 10.1. The van der Waals surface area contributed by atoms with E-state index in [9.17, 15) is 0 Å². The molecular weight excluding hydrogens is 336 g/mol. The van der Waals surface area contributed by atoms with E-state index in [0.29, 0.717) is 12.1 Å². The lowest BCUT2D eigenvalue weighted by Gasteiger charge is -2.16. The van der Waals surface area contributed by atoms with Crippen LogP contribution in [0.5, 0.6) is 0 Å². The van der Waals surface area contributed by atoms with Gasteiger partial charge in [0, 0.05) is 12.8 Å². The van der Waals surface area contributed by atoms with Gasteiger partial charge in [0.1, 0.15) is 6.33 Å². The smallest absolute Gasteiger partial charge is 0.154 e. The fourth-order valence-corrected chi connectivity index (χ4v) is 2.47. The van der Waals surface area contributed by atoms with Crippen molar-refractivity contribution in [1.82, 2.24) is 20.1 Å². The van der Waals surface area contributed by atoms with E-state index >= 15 is 0 Å². The summed E-state index contributed by atoms with van der Waals surface area (Å²) in [4.78, 5) is 9.02. The molecule has 6 heteroatoms. The van der Waals surface area contributed by atoms with Crippen LogP contribution in [-0.4, -0.2) is 21.0 Å². The second kappa shape index (κ2) is 10.2. The van der Waals surface area contributed by atoms with Gasteiger partial charge in [0.2, 0.25) is 0 Å². The average molecular weight is 362 g/mol. The summed E-state index contributed by atoms with van der Waals surface area (Å²) in [6.45, 7) is 8.84. The molecule has 2 aromatic rings. The summed E-state index contributed by atoms with van der Waals surface area (Å²) >= 11 is 0. The Balaban J connectivity index is 2.19. The van der Waals surface area contributed by atoms with Crippen LogP contribution >= 0.6 is 0 Å².